The van der Waals surface area contributed by atoms with Gasteiger partial charge in [-0.15, -0.1) is 5.10 Å². The Hall–Kier alpha value is -5.43. The molecule has 2 saturated heterocycles. The van der Waals surface area contributed by atoms with E-state index in [1.807, 2.05) is 65.3 Å². The Labute approximate surface area is 258 Å². The molecule has 1 atom stereocenters. The number of rotatable bonds is 8. The molecule has 2 aromatic carbocycles. The lowest BCUT2D eigenvalue weighted by Crippen LogP contribution is -2.47. The fourth-order valence-electron chi connectivity index (χ4n) is 5.92. The number of carbonyl (C=O) groups is 2. The quantitative estimate of drug-likeness (QED) is 0.221. The molecule has 1 unspecified atom stereocenters. The van der Waals surface area contributed by atoms with Gasteiger partial charge in [0, 0.05) is 37.2 Å². The number of para-hydroxylation sites is 1. The normalized spacial score (nSPS) is 17.7. The third-order valence-electron chi connectivity index (χ3n) is 8.28. The summed E-state index contributed by atoms with van der Waals surface area (Å²) in [4.78, 5) is 35.0. The molecule has 0 spiro atoms. The van der Waals surface area contributed by atoms with Crippen LogP contribution in [0.3, 0.4) is 0 Å². The van der Waals surface area contributed by atoms with Gasteiger partial charge in [-0.25, -0.2) is 14.6 Å². The molecule has 5 aromatic rings. The lowest BCUT2D eigenvalue weighted by Gasteiger charge is -2.32. The van der Waals surface area contributed by atoms with Crippen LogP contribution in [0.4, 0.5) is 11.6 Å². The highest BCUT2D eigenvalue weighted by atomic mass is 16.5. The van der Waals surface area contributed by atoms with E-state index in [0.717, 1.165) is 65.3 Å². The molecule has 45 heavy (non-hydrogen) atoms. The fraction of sp³-hybridized carbons (Fsp3) is 0.281. The highest BCUT2D eigenvalue weighted by Gasteiger charge is 2.29. The zero-order chi connectivity index (χ0) is 30.8. The second-order valence-electron chi connectivity index (χ2n) is 11.3. The second-order valence-corrected chi connectivity index (χ2v) is 11.3. The van der Waals surface area contributed by atoms with Crippen molar-refractivity contribution in [1.29, 1.82) is 0 Å². The van der Waals surface area contributed by atoms with Crippen LogP contribution in [0.25, 0.3) is 22.3 Å². The average Bonchev–Trinajstić information content (AvgIpc) is 3.45. The van der Waals surface area contributed by atoms with Crippen molar-refractivity contribution in [2.45, 2.75) is 44.3 Å². The molecule has 0 bridgehead atoms. The number of likely N-dealkylation sites (tertiary alicyclic amines) is 1. The van der Waals surface area contributed by atoms with Crippen molar-refractivity contribution < 1.29 is 14.3 Å². The maximum atomic E-state index is 12.3. The molecule has 0 saturated carbocycles. The van der Waals surface area contributed by atoms with Gasteiger partial charge in [0.25, 0.3) is 0 Å². The number of nitrogens with two attached hydrogens (primary N) is 1. The van der Waals surface area contributed by atoms with Gasteiger partial charge in [-0.1, -0.05) is 18.2 Å². The molecule has 0 radical (unpaired) electrons. The zero-order valence-corrected chi connectivity index (χ0v) is 24.5. The summed E-state index contributed by atoms with van der Waals surface area (Å²) in [5.74, 6) is 1.86. The SMILES string of the molecule is Nc1ncnc2c1c(-c1ccc(Oc3ccccc3)cc1)nn2C1CCN(Cc2ccnnc2NC2CCC(=O)NC2=O)CC1. The third-order valence-corrected chi connectivity index (χ3v) is 8.28. The lowest BCUT2D eigenvalue weighted by molar-refractivity contribution is -0.133. The van der Waals surface area contributed by atoms with Crippen molar-refractivity contribution in [2.24, 2.45) is 0 Å². The Balaban J connectivity index is 1.06. The fourth-order valence-corrected chi connectivity index (χ4v) is 5.92. The number of ether oxygens (including phenoxy) is 1. The Morgan fingerprint density at radius 3 is 2.51 bits per heavy atom. The molecule has 2 fully saturated rings. The number of nitrogens with one attached hydrogen (secondary N) is 2. The second kappa shape index (κ2) is 12.3. The number of benzene rings is 2. The Bertz CT molecular complexity index is 1840. The van der Waals surface area contributed by atoms with Crippen LogP contribution < -0.4 is 21.1 Å². The Morgan fingerprint density at radius 2 is 1.73 bits per heavy atom. The van der Waals surface area contributed by atoms with Crippen molar-refractivity contribution in [3.8, 4) is 22.8 Å². The largest absolute Gasteiger partial charge is 0.457 e. The minimum atomic E-state index is -0.520. The molecular formula is C32H32N10O3. The summed E-state index contributed by atoms with van der Waals surface area (Å²) < 4.78 is 7.96. The van der Waals surface area contributed by atoms with Crippen molar-refractivity contribution in [1.82, 2.24) is 40.2 Å². The minimum absolute atomic E-state index is 0.129. The van der Waals surface area contributed by atoms with Crippen LogP contribution in [0.2, 0.25) is 0 Å². The van der Waals surface area contributed by atoms with Crippen molar-refractivity contribution >= 4 is 34.5 Å². The first-order chi connectivity index (χ1) is 22.0. The third kappa shape index (κ3) is 6.02. The number of aromatic nitrogens is 6. The molecule has 228 valence electrons. The number of hydrogen-bond acceptors (Lipinski definition) is 11. The average molecular weight is 605 g/mol. The molecule has 2 aliphatic rings. The monoisotopic (exact) mass is 604 g/mol. The summed E-state index contributed by atoms with van der Waals surface area (Å²) in [5.41, 5.74) is 9.68. The molecule has 13 heteroatoms. The van der Waals surface area contributed by atoms with Crippen LogP contribution in [-0.4, -0.2) is 65.8 Å². The van der Waals surface area contributed by atoms with E-state index in [2.05, 4.69) is 35.7 Å². The van der Waals surface area contributed by atoms with Gasteiger partial charge in [0.2, 0.25) is 11.8 Å². The predicted molar refractivity (Wildman–Crippen MR) is 167 cm³/mol. The first-order valence-electron chi connectivity index (χ1n) is 15.0. The van der Waals surface area contributed by atoms with Crippen LogP contribution >= 0.6 is 0 Å². The van der Waals surface area contributed by atoms with Gasteiger partial charge in [0.15, 0.2) is 11.5 Å². The van der Waals surface area contributed by atoms with Crippen LogP contribution in [0, 0.1) is 0 Å². The van der Waals surface area contributed by atoms with Crippen LogP contribution in [0.1, 0.15) is 37.3 Å². The summed E-state index contributed by atoms with van der Waals surface area (Å²) >= 11 is 0. The van der Waals surface area contributed by atoms with Crippen molar-refractivity contribution in [2.75, 3.05) is 24.1 Å². The summed E-state index contributed by atoms with van der Waals surface area (Å²) in [6, 6.07) is 19.0. The highest BCUT2D eigenvalue weighted by molar-refractivity contribution is 6.01. The van der Waals surface area contributed by atoms with Crippen LogP contribution in [0.15, 0.2) is 73.2 Å². The standard InChI is InChI=1S/C32H32N10O3/c33-29-27-28(20-6-8-24(9-7-20)45-23-4-2-1-3-5-23)40-42(31(27)35-19-34-29)22-13-16-41(17-14-22)18-21-12-15-36-39-30(21)37-25-10-11-26(43)38-32(25)44/h1-9,12,15,19,22,25H,10-11,13-14,16-18H2,(H,37,39)(H2,33,34,35)(H,38,43,44). The van der Waals surface area contributed by atoms with Gasteiger partial charge < -0.3 is 15.8 Å². The van der Waals surface area contributed by atoms with E-state index in [4.69, 9.17) is 15.6 Å². The molecule has 13 nitrogen and oxygen atoms in total. The van der Waals surface area contributed by atoms with Crippen LogP contribution in [-0.2, 0) is 16.1 Å². The maximum absolute atomic E-state index is 12.3. The van der Waals surface area contributed by atoms with Crippen molar-refractivity contribution in [3.63, 3.8) is 0 Å². The number of hydrogen-bond donors (Lipinski definition) is 3. The van der Waals surface area contributed by atoms with Crippen molar-refractivity contribution in [3.05, 3.63) is 78.8 Å². The maximum Gasteiger partial charge on any atom is 0.249 e. The summed E-state index contributed by atoms with van der Waals surface area (Å²) in [5, 5.41) is 19.6. The Morgan fingerprint density at radius 1 is 0.956 bits per heavy atom. The molecule has 7 rings (SSSR count). The van der Waals surface area contributed by atoms with E-state index < -0.39 is 6.04 Å². The van der Waals surface area contributed by atoms with Gasteiger partial charge in [-0.3, -0.25) is 19.8 Å². The lowest BCUT2D eigenvalue weighted by atomic mass is 10.0. The summed E-state index contributed by atoms with van der Waals surface area (Å²) in [6.07, 6.45) is 5.57. The van der Waals surface area contributed by atoms with Gasteiger partial charge in [-0.2, -0.15) is 10.2 Å². The number of imide groups is 1. The minimum Gasteiger partial charge on any atom is -0.457 e. The topological polar surface area (TPSA) is 166 Å². The Kier molecular flexibility index (Phi) is 7.74. The number of carbonyl (C=O) groups excluding carboxylic acids is 2. The molecule has 0 aliphatic carbocycles. The van der Waals surface area contributed by atoms with E-state index in [1.54, 1.807) is 6.20 Å². The number of piperidine rings is 2. The molecule has 2 aliphatic heterocycles. The van der Waals surface area contributed by atoms with E-state index in [9.17, 15) is 9.59 Å². The molecule has 3 aromatic heterocycles. The zero-order valence-electron chi connectivity index (χ0n) is 24.5. The summed E-state index contributed by atoms with van der Waals surface area (Å²) in [6.45, 7) is 2.30. The predicted octanol–water partition coefficient (Wildman–Crippen LogP) is 3.71. The summed E-state index contributed by atoms with van der Waals surface area (Å²) in [7, 11) is 0. The first kappa shape index (κ1) is 28.3. The highest BCUT2D eigenvalue weighted by Crippen LogP contribution is 2.35. The molecular weight excluding hydrogens is 572 g/mol. The number of fused-ring (bicyclic) bond motifs is 1. The van der Waals surface area contributed by atoms with Gasteiger partial charge in [-0.05, 0) is 61.7 Å². The number of nitrogens with zero attached hydrogens (tertiary/aromatic N) is 7. The van der Waals surface area contributed by atoms with E-state index in [1.165, 1.54) is 6.33 Å². The van der Waals surface area contributed by atoms with Gasteiger partial charge >= 0.3 is 0 Å². The smallest absolute Gasteiger partial charge is 0.249 e. The van der Waals surface area contributed by atoms with Gasteiger partial charge in [0.1, 0.15) is 35.4 Å². The van der Waals surface area contributed by atoms with Crippen LogP contribution in [0.5, 0.6) is 11.5 Å². The molecule has 2 amide bonds. The first-order valence-corrected chi connectivity index (χ1v) is 15.0. The van der Waals surface area contributed by atoms with E-state index in [-0.39, 0.29) is 17.9 Å². The molecule has 5 heterocycles. The van der Waals surface area contributed by atoms with Gasteiger partial charge in [0.05, 0.1) is 17.6 Å². The number of amides is 2. The van der Waals surface area contributed by atoms with E-state index >= 15 is 0 Å². The van der Waals surface area contributed by atoms with E-state index in [0.29, 0.717) is 31.0 Å². The number of anilines is 2. The molecule has 4 N–H and O–H groups in total. The number of nitrogen functional groups attached to an aromatic ring is 1.